The van der Waals surface area contributed by atoms with E-state index in [1.54, 1.807) is 12.1 Å². The van der Waals surface area contributed by atoms with Crippen LogP contribution in [0, 0.1) is 0 Å². The van der Waals surface area contributed by atoms with Crippen molar-refractivity contribution in [3.05, 3.63) is 30.1 Å². The predicted octanol–water partition coefficient (Wildman–Crippen LogP) is -0.964. The average molecular weight is 251 g/mol. The molecule has 1 aromatic heterocycles. The first-order valence-corrected chi connectivity index (χ1v) is 5.90. The normalized spacial score (nSPS) is 22.8. The van der Waals surface area contributed by atoms with Crippen molar-refractivity contribution in [3.63, 3.8) is 0 Å². The largest absolute Gasteiger partial charge is 0.391 e. The van der Waals surface area contributed by atoms with E-state index in [0.29, 0.717) is 18.5 Å². The van der Waals surface area contributed by atoms with E-state index in [1.807, 2.05) is 0 Å². The fourth-order valence-electron chi connectivity index (χ4n) is 2.06. The van der Waals surface area contributed by atoms with Crippen LogP contribution in [0.5, 0.6) is 0 Å². The molecule has 1 fully saturated rings. The van der Waals surface area contributed by atoms with Gasteiger partial charge in [0.25, 0.3) is 0 Å². The summed E-state index contributed by atoms with van der Waals surface area (Å²) in [5, 5.41) is 19.4. The number of aliphatic hydroxyl groups excluding tert-OH is 2. The summed E-state index contributed by atoms with van der Waals surface area (Å²) in [4.78, 5) is 17.3. The van der Waals surface area contributed by atoms with Crippen LogP contribution in [-0.2, 0) is 4.79 Å². The van der Waals surface area contributed by atoms with Crippen molar-refractivity contribution in [1.29, 1.82) is 0 Å². The number of nitrogens with two attached hydrogens (primary N) is 1. The third kappa shape index (κ3) is 2.66. The summed E-state index contributed by atoms with van der Waals surface area (Å²) in [6.45, 7) is 0.770. The molecule has 0 bridgehead atoms. The minimum Gasteiger partial charge on any atom is -0.391 e. The number of nitrogens with zero attached hydrogens (tertiary/aromatic N) is 2. The number of aliphatic hydroxyl groups is 2. The molecule has 2 rings (SSSR count). The van der Waals surface area contributed by atoms with Crippen LogP contribution < -0.4 is 5.73 Å². The van der Waals surface area contributed by atoms with Gasteiger partial charge in [-0.15, -0.1) is 0 Å². The summed E-state index contributed by atoms with van der Waals surface area (Å²) >= 11 is 0. The number of likely N-dealkylation sites (tertiary alicyclic amines) is 1. The molecule has 2 heterocycles. The number of pyridine rings is 1. The summed E-state index contributed by atoms with van der Waals surface area (Å²) in [7, 11) is 0. The van der Waals surface area contributed by atoms with Crippen LogP contribution in [0.3, 0.4) is 0 Å². The van der Waals surface area contributed by atoms with E-state index >= 15 is 0 Å². The minimum atomic E-state index is -1.06. The van der Waals surface area contributed by atoms with E-state index in [-0.39, 0.29) is 12.5 Å². The monoisotopic (exact) mass is 251 g/mol. The quantitative estimate of drug-likeness (QED) is 0.642. The summed E-state index contributed by atoms with van der Waals surface area (Å²) in [5.74, 6) is -0.337. The number of carbonyl (C=O) groups excluding carboxylic acids is 1. The molecule has 0 aliphatic carbocycles. The molecule has 0 aromatic carbocycles. The molecule has 1 aromatic rings. The lowest BCUT2D eigenvalue weighted by molar-refractivity contribution is -0.134. The molecule has 6 nitrogen and oxygen atoms in total. The van der Waals surface area contributed by atoms with Gasteiger partial charge < -0.3 is 20.8 Å². The van der Waals surface area contributed by atoms with Crippen LogP contribution in [-0.4, -0.2) is 51.2 Å². The predicted molar refractivity (Wildman–Crippen MR) is 64.4 cm³/mol. The van der Waals surface area contributed by atoms with Gasteiger partial charge in [0.1, 0.15) is 12.1 Å². The fraction of sp³-hybridized carbons (Fsp3) is 0.500. The Morgan fingerprint density at radius 1 is 1.50 bits per heavy atom. The van der Waals surface area contributed by atoms with Crippen molar-refractivity contribution in [2.45, 2.75) is 24.7 Å². The van der Waals surface area contributed by atoms with Gasteiger partial charge in [0.05, 0.1) is 6.10 Å². The van der Waals surface area contributed by atoms with Crippen molar-refractivity contribution in [2.75, 3.05) is 13.1 Å². The van der Waals surface area contributed by atoms with Gasteiger partial charge in [-0.05, 0) is 24.1 Å². The van der Waals surface area contributed by atoms with Crippen molar-refractivity contribution in [3.8, 4) is 0 Å². The van der Waals surface area contributed by atoms with Crippen molar-refractivity contribution in [1.82, 2.24) is 9.88 Å². The number of hydrogen-bond acceptors (Lipinski definition) is 5. The maximum atomic E-state index is 12.0. The van der Waals surface area contributed by atoms with E-state index in [0.717, 1.165) is 0 Å². The Morgan fingerprint density at radius 3 is 2.72 bits per heavy atom. The van der Waals surface area contributed by atoms with E-state index in [9.17, 15) is 15.0 Å². The average Bonchev–Trinajstić information content (AvgIpc) is 2.84. The Morgan fingerprint density at radius 2 is 2.17 bits per heavy atom. The standard InChI is InChI=1S/C12H17N3O3/c13-10(11(17)8-1-4-14-5-2-8)12(18)15-6-3-9(16)7-15/h1-2,4-5,9-11,16-17H,3,6-7,13H2/t9?,10-,11+/m1/s1. The van der Waals surface area contributed by atoms with E-state index in [1.165, 1.54) is 17.3 Å². The topological polar surface area (TPSA) is 99.7 Å². The van der Waals surface area contributed by atoms with Gasteiger partial charge in [-0.3, -0.25) is 9.78 Å². The van der Waals surface area contributed by atoms with Gasteiger partial charge in [0.2, 0.25) is 5.91 Å². The third-order valence-electron chi connectivity index (χ3n) is 3.15. The lowest BCUT2D eigenvalue weighted by atomic mass is 10.0. The highest BCUT2D eigenvalue weighted by Gasteiger charge is 2.32. The van der Waals surface area contributed by atoms with Gasteiger partial charge in [0.15, 0.2) is 0 Å². The second-order valence-electron chi connectivity index (χ2n) is 4.48. The fourth-order valence-corrected chi connectivity index (χ4v) is 2.06. The summed E-state index contributed by atoms with van der Waals surface area (Å²) in [6.07, 6.45) is 2.09. The van der Waals surface area contributed by atoms with Gasteiger partial charge in [0, 0.05) is 25.5 Å². The highest BCUT2D eigenvalue weighted by Crippen LogP contribution is 2.18. The van der Waals surface area contributed by atoms with Gasteiger partial charge in [-0.25, -0.2) is 0 Å². The molecular weight excluding hydrogens is 234 g/mol. The Kier molecular flexibility index (Phi) is 3.90. The lowest BCUT2D eigenvalue weighted by Gasteiger charge is -2.24. The highest BCUT2D eigenvalue weighted by atomic mass is 16.3. The van der Waals surface area contributed by atoms with Crippen LogP contribution in [0.25, 0.3) is 0 Å². The Hall–Kier alpha value is -1.50. The first kappa shape index (κ1) is 12.9. The molecule has 1 saturated heterocycles. The Balaban J connectivity index is 2.02. The zero-order valence-corrected chi connectivity index (χ0v) is 9.94. The second-order valence-corrected chi connectivity index (χ2v) is 4.48. The van der Waals surface area contributed by atoms with E-state index < -0.39 is 18.2 Å². The molecule has 0 saturated carbocycles. The van der Waals surface area contributed by atoms with Crippen LogP contribution in [0.15, 0.2) is 24.5 Å². The van der Waals surface area contributed by atoms with E-state index in [2.05, 4.69) is 4.98 Å². The van der Waals surface area contributed by atoms with Crippen LogP contribution in [0.1, 0.15) is 18.1 Å². The summed E-state index contributed by atoms with van der Waals surface area (Å²) < 4.78 is 0. The zero-order chi connectivity index (χ0) is 13.1. The minimum absolute atomic E-state index is 0.287. The van der Waals surface area contributed by atoms with Gasteiger partial charge in [-0.1, -0.05) is 0 Å². The van der Waals surface area contributed by atoms with Crippen molar-refractivity contribution < 1.29 is 15.0 Å². The first-order chi connectivity index (χ1) is 8.59. The van der Waals surface area contributed by atoms with Crippen molar-refractivity contribution >= 4 is 5.91 Å². The molecule has 1 amide bonds. The molecule has 0 spiro atoms. The van der Waals surface area contributed by atoms with Gasteiger partial charge in [-0.2, -0.15) is 0 Å². The maximum absolute atomic E-state index is 12.0. The number of amides is 1. The zero-order valence-electron chi connectivity index (χ0n) is 9.94. The van der Waals surface area contributed by atoms with Crippen LogP contribution >= 0.6 is 0 Å². The number of rotatable bonds is 3. The highest BCUT2D eigenvalue weighted by molar-refractivity contribution is 5.82. The molecule has 18 heavy (non-hydrogen) atoms. The molecule has 0 radical (unpaired) electrons. The molecular formula is C12H17N3O3. The molecule has 4 N–H and O–H groups in total. The Bertz CT molecular complexity index is 412. The second kappa shape index (κ2) is 5.43. The SMILES string of the molecule is N[C@@H](C(=O)N1CCC(O)C1)[C@@H](O)c1ccncc1. The smallest absolute Gasteiger partial charge is 0.242 e. The molecule has 3 atom stereocenters. The van der Waals surface area contributed by atoms with E-state index in [4.69, 9.17) is 5.73 Å². The summed E-state index contributed by atoms with van der Waals surface area (Å²) in [5.41, 5.74) is 6.34. The molecule has 98 valence electrons. The van der Waals surface area contributed by atoms with Crippen LogP contribution in [0.2, 0.25) is 0 Å². The van der Waals surface area contributed by atoms with Crippen LogP contribution in [0.4, 0.5) is 0 Å². The Labute approximate surface area is 105 Å². The lowest BCUT2D eigenvalue weighted by Crippen LogP contribution is -2.46. The number of β-amino-alcohol motifs (C(OH)–C–C–N with tert-alkyl or cyclic N) is 1. The number of carbonyl (C=O) groups is 1. The maximum Gasteiger partial charge on any atom is 0.242 e. The summed E-state index contributed by atoms with van der Waals surface area (Å²) in [6, 6.07) is 2.23. The molecule has 6 heteroatoms. The first-order valence-electron chi connectivity index (χ1n) is 5.90. The molecule has 1 aliphatic rings. The molecule has 1 unspecified atom stereocenters. The number of hydrogen-bond donors (Lipinski definition) is 3. The van der Waals surface area contributed by atoms with Crippen molar-refractivity contribution in [2.24, 2.45) is 5.73 Å². The number of aromatic nitrogens is 1. The molecule has 1 aliphatic heterocycles. The van der Waals surface area contributed by atoms with Gasteiger partial charge >= 0.3 is 0 Å². The third-order valence-corrected chi connectivity index (χ3v) is 3.15.